The van der Waals surface area contributed by atoms with Crippen molar-refractivity contribution in [2.24, 2.45) is 0 Å². The largest absolute Gasteiger partial charge is 0.478 e. The third kappa shape index (κ3) is 7.92. The minimum atomic E-state index is -4.79. The monoisotopic (exact) mass is 569 g/mol. The summed E-state index contributed by atoms with van der Waals surface area (Å²) in [5.74, 6) is -0.408. The first-order chi connectivity index (χ1) is 18.7. The van der Waals surface area contributed by atoms with E-state index in [1.165, 1.54) is 13.2 Å². The van der Waals surface area contributed by atoms with Crippen molar-refractivity contribution in [1.29, 1.82) is 0 Å². The number of hydrogen-bond donors (Lipinski definition) is 2. The molecule has 2 heterocycles. The number of alkyl halides is 6. The molecule has 0 bridgehead atoms. The van der Waals surface area contributed by atoms with Crippen LogP contribution in [0.15, 0.2) is 48.7 Å². The number of nitrogens with zero attached hydrogens (tertiary/aromatic N) is 4. The molecule has 40 heavy (non-hydrogen) atoms. The third-order valence-electron chi connectivity index (χ3n) is 6.22. The molecular weight excluding hydrogens is 540 g/mol. The lowest BCUT2D eigenvalue weighted by Gasteiger charge is -2.32. The van der Waals surface area contributed by atoms with E-state index >= 15 is 0 Å². The number of nitrogens with one attached hydrogen (secondary N) is 1. The Kier molecular flexibility index (Phi) is 9.74. The Bertz CT molecular complexity index is 1290. The fraction of sp³-hybridized carbons (Fsp3) is 0.370. The molecule has 7 nitrogen and oxygen atoms in total. The molecule has 1 aliphatic heterocycles. The number of anilines is 1. The van der Waals surface area contributed by atoms with E-state index in [4.69, 9.17) is 0 Å². The van der Waals surface area contributed by atoms with Crippen LogP contribution in [0.1, 0.15) is 32.6 Å². The van der Waals surface area contributed by atoms with Crippen molar-refractivity contribution in [3.05, 3.63) is 76.5 Å². The van der Waals surface area contributed by atoms with Crippen LogP contribution in [0.25, 0.3) is 11.3 Å². The molecule has 0 unspecified atom stereocenters. The Morgan fingerprint density at radius 1 is 0.975 bits per heavy atom. The average molecular weight is 570 g/mol. The molecule has 1 aliphatic rings. The highest BCUT2D eigenvalue weighted by Crippen LogP contribution is 2.36. The molecule has 0 radical (unpaired) electrons. The van der Waals surface area contributed by atoms with Gasteiger partial charge in [0.1, 0.15) is 5.56 Å². The van der Waals surface area contributed by atoms with Crippen LogP contribution in [0.2, 0.25) is 0 Å². The summed E-state index contributed by atoms with van der Waals surface area (Å²) < 4.78 is 74.3. The highest BCUT2D eigenvalue weighted by atomic mass is 19.4. The van der Waals surface area contributed by atoms with E-state index < -0.39 is 29.4 Å². The number of rotatable bonds is 5. The number of piperazine rings is 1. The number of carboxylic acids is 1. The van der Waals surface area contributed by atoms with Gasteiger partial charge in [0.05, 0.1) is 16.8 Å². The number of carbonyl (C=O) groups is 1. The molecule has 2 aromatic carbocycles. The predicted molar refractivity (Wildman–Crippen MR) is 138 cm³/mol. The van der Waals surface area contributed by atoms with Crippen molar-refractivity contribution >= 4 is 11.9 Å². The Hall–Kier alpha value is -3.71. The fourth-order valence-electron chi connectivity index (χ4n) is 4.06. The molecule has 13 heteroatoms. The minimum Gasteiger partial charge on any atom is -0.478 e. The smallest absolute Gasteiger partial charge is 0.416 e. The lowest BCUT2D eigenvalue weighted by atomic mass is 10.0. The number of likely N-dealkylation sites (N-methyl/N-ethyl adjacent to an activating group) is 1. The van der Waals surface area contributed by atoms with Gasteiger partial charge in [0.2, 0.25) is 5.95 Å². The van der Waals surface area contributed by atoms with E-state index in [0.29, 0.717) is 23.8 Å². The van der Waals surface area contributed by atoms with Crippen LogP contribution in [-0.2, 0) is 18.9 Å². The molecule has 0 aliphatic carbocycles. The van der Waals surface area contributed by atoms with Gasteiger partial charge in [-0.25, -0.2) is 14.8 Å². The van der Waals surface area contributed by atoms with Crippen molar-refractivity contribution in [3.8, 4) is 11.3 Å². The van der Waals surface area contributed by atoms with Gasteiger partial charge in [0.15, 0.2) is 0 Å². The number of aromatic nitrogens is 2. The Morgan fingerprint density at radius 2 is 1.55 bits per heavy atom. The quantitative estimate of drug-likeness (QED) is 0.401. The summed E-state index contributed by atoms with van der Waals surface area (Å²) in [6.07, 6.45) is -8.15. The summed E-state index contributed by atoms with van der Waals surface area (Å²) in [5, 5.41) is 12.0. The third-order valence-corrected chi connectivity index (χ3v) is 6.22. The number of aryl methyl sites for hydroxylation is 1. The Balaban J connectivity index is 0.000000232. The minimum absolute atomic E-state index is 0.0605. The predicted octanol–water partition coefficient (Wildman–Crippen LogP) is 5.35. The summed E-state index contributed by atoms with van der Waals surface area (Å²) in [6, 6.07) is 9.19. The molecule has 2 N–H and O–H groups in total. The lowest BCUT2D eigenvalue weighted by Crippen LogP contribution is -2.45. The van der Waals surface area contributed by atoms with Crippen LogP contribution < -0.4 is 10.2 Å². The number of carboxylic acid groups (broad SMARTS) is 1. The highest BCUT2D eigenvalue weighted by Gasteiger charge is 2.36. The highest BCUT2D eigenvalue weighted by molar-refractivity contribution is 5.95. The number of halogens is 6. The normalized spacial score (nSPS) is 14.5. The summed E-state index contributed by atoms with van der Waals surface area (Å²) in [5.41, 5.74) is -0.192. The summed E-state index contributed by atoms with van der Waals surface area (Å²) in [6.45, 7) is 5.48. The fourth-order valence-corrected chi connectivity index (χ4v) is 4.06. The van der Waals surface area contributed by atoms with Gasteiger partial charge in [-0.15, -0.1) is 0 Å². The van der Waals surface area contributed by atoms with Gasteiger partial charge < -0.3 is 20.2 Å². The maximum atomic E-state index is 12.4. The van der Waals surface area contributed by atoms with Gasteiger partial charge in [0.25, 0.3) is 0 Å². The van der Waals surface area contributed by atoms with Crippen LogP contribution >= 0.6 is 0 Å². The maximum absolute atomic E-state index is 12.4. The zero-order valence-corrected chi connectivity index (χ0v) is 22.1. The van der Waals surface area contributed by atoms with Crippen molar-refractivity contribution in [2.45, 2.75) is 25.8 Å². The number of aromatic carboxylic acids is 1. The van der Waals surface area contributed by atoms with Crippen molar-refractivity contribution in [1.82, 2.24) is 20.2 Å². The van der Waals surface area contributed by atoms with Crippen molar-refractivity contribution in [2.75, 3.05) is 45.2 Å². The van der Waals surface area contributed by atoms with E-state index in [9.17, 15) is 36.2 Å². The lowest BCUT2D eigenvalue weighted by molar-refractivity contribution is -0.143. The summed E-state index contributed by atoms with van der Waals surface area (Å²) >= 11 is 0. The molecule has 3 aromatic rings. The molecule has 4 rings (SSSR count). The van der Waals surface area contributed by atoms with E-state index in [2.05, 4.69) is 32.1 Å². The van der Waals surface area contributed by atoms with Crippen molar-refractivity contribution in [3.63, 3.8) is 0 Å². The van der Waals surface area contributed by atoms with Crippen LogP contribution in [0.3, 0.4) is 0 Å². The van der Waals surface area contributed by atoms with Gasteiger partial charge in [0, 0.05) is 44.5 Å². The van der Waals surface area contributed by atoms with Crippen LogP contribution in [0.5, 0.6) is 0 Å². The van der Waals surface area contributed by atoms with Gasteiger partial charge in [-0.2, -0.15) is 26.3 Å². The molecule has 1 fully saturated rings. The first kappa shape index (κ1) is 30.8. The second-order valence-corrected chi connectivity index (χ2v) is 9.29. The SMILES string of the molecule is CNCc1cc(C(F)(F)F)cc(C(F)(F)F)c1.Cc1ccccc1-c1nc(N2CCN(C)CC2)ncc1C(=O)O. The maximum Gasteiger partial charge on any atom is 0.416 e. The van der Waals surface area contributed by atoms with E-state index in [1.54, 1.807) is 0 Å². The van der Waals surface area contributed by atoms with E-state index in [1.807, 2.05) is 31.2 Å². The van der Waals surface area contributed by atoms with Gasteiger partial charge in [-0.3, -0.25) is 0 Å². The first-order valence-electron chi connectivity index (χ1n) is 12.2. The molecule has 1 aromatic heterocycles. The van der Waals surface area contributed by atoms with Gasteiger partial charge in [-0.05, 0) is 50.3 Å². The summed E-state index contributed by atoms with van der Waals surface area (Å²) in [7, 11) is 3.53. The second kappa shape index (κ2) is 12.6. The molecule has 0 atom stereocenters. The second-order valence-electron chi connectivity index (χ2n) is 9.29. The Labute approximate surface area is 227 Å². The Morgan fingerprint density at radius 3 is 2.05 bits per heavy atom. The summed E-state index contributed by atoms with van der Waals surface area (Å²) in [4.78, 5) is 24.8. The zero-order valence-electron chi connectivity index (χ0n) is 22.1. The molecule has 0 amide bonds. The van der Waals surface area contributed by atoms with Gasteiger partial charge >= 0.3 is 18.3 Å². The van der Waals surface area contributed by atoms with Crippen LogP contribution in [-0.4, -0.2) is 66.2 Å². The molecule has 0 spiro atoms. The standard InChI is InChI=1S/C17H20N4O2.C10H9F6N/c1-12-5-3-4-6-13(12)15-14(16(22)23)11-18-17(19-15)21-9-7-20(2)8-10-21;1-17-5-6-2-7(9(11,12)13)4-8(3-6)10(14,15)16/h3-6,11H,7-10H2,1-2H3,(H,22,23);2-4,17H,5H2,1H3. The van der Waals surface area contributed by atoms with E-state index in [0.717, 1.165) is 37.3 Å². The van der Waals surface area contributed by atoms with Crippen LogP contribution in [0.4, 0.5) is 32.3 Å². The zero-order chi connectivity index (χ0) is 29.7. The molecule has 0 saturated carbocycles. The topological polar surface area (TPSA) is 81.6 Å². The van der Waals surface area contributed by atoms with E-state index in [-0.39, 0.29) is 23.7 Å². The van der Waals surface area contributed by atoms with Crippen LogP contribution in [0, 0.1) is 6.92 Å². The van der Waals surface area contributed by atoms with Crippen molar-refractivity contribution < 1.29 is 36.2 Å². The first-order valence-corrected chi connectivity index (χ1v) is 12.2. The number of hydrogen-bond acceptors (Lipinski definition) is 6. The average Bonchev–Trinajstić information content (AvgIpc) is 2.88. The number of benzene rings is 2. The van der Waals surface area contributed by atoms with Gasteiger partial charge in [-0.1, -0.05) is 24.3 Å². The molecule has 216 valence electrons. The molecule has 1 saturated heterocycles. The molecular formula is C27H29F6N5O2.